The van der Waals surface area contributed by atoms with E-state index in [1.54, 1.807) is 5.32 Å². The topological polar surface area (TPSA) is 139 Å². The van der Waals surface area contributed by atoms with Crippen molar-refractivity contribution >= 4 is 35.2 Å². The van der Waals surface area contributed by atoms with Crippen molar-refractivity contribution in [1.29, 1.82) is 0 Å². The van der Waals surface area contributed by atoms with E-state index in [4.69, 9.17) is 0 Å². The molecule has 0 saturated heterocycles. The number of carboxylic acid groups (broad SMARTS) is 1. The highest BCUT2D eigenvalue weighted by Gasteiger charge is 2.58. The normalized spacial score (nSPS) is 18.4. The number of alkyl halides is 8. The minimum Gasteiger partial charge on any atom is -0.465 e. The Kier molecular flexibility index (Phi) is 7.97. The van der Waals surface area contributed by atoms with Crippen molar-refractivity contribution in [1.82, 2.24) is 10.6 Å². The second kappa shape index (κ2) is 9.98. The highest BCUT2D eigenvalue weighted by Crippen LogP contribution is 2.36. The van der Waals surface area contributed by atoms with Crippen molar-refractivity contribution in [3.63, 3.8) is 0 Å². The van der Waals surface area contributed by atoms with Crippen LogP contribution in [0.25, 0.3) is 0 Å². The lowest BCUT2D eigenvalue weighted by atomic mass is 10.0. The fraction of sp³-hybridized carbons (Fsp3) is 0.474. The first-order valence-electron chi connectivity index (χ1n) is 9.93. The molecule has 0 saturated carbocycles. The second-order valence-corrected chi connectivity index (χ2v) is 7.90. The molecule has 206 valence electrons. The lowest BCUT2D eigenvalue weighted by molar-refractivity contribution is -0.278. The Bertz CT molecular complexity index is 1080. The second-order valence-electron chi connectivity index (χ2n) is 7.90. The zero-order chi connectivity index (χ0) is 28.6. The molecule has 1 aromatic rings. The summed E-state index contributed by atoms with van der Waals surface area (Å²) in [5, 5.41) is 22.4. The number of nitrogens with zero attached hydrogens (tertiary/aromatic N) is 2. The number of hydrogen-bond donors (Lipinski definition) is 4. The molecule has 10 nitrogen and oxygen atoms in total. The van der Waals surface area contributed by atoms with Gasteiger partial charge in [0.1, 0.15) is 12.6 Å². The van der Waals surface area contributed by atoms with Crippen molar-refractivity contribution in [2.75, 3.05) is 29.4 Å². The Morgan fingerprint density at radius 3 is 2.03 bits per heavy atom. The number of carbonyl (C=O) groups excluding carboxylic acids is 3. The van der Waals surface area contributed by atoms with E-state index in [9.17, 15) is 64.5 Å². The first-order chi connectivity index (χ1) is 16.7. The van der Waals surface area contributed by atoms with Crippen LogP contribution in [0, 0.1) is 0 Å². The summed E-state index contributed by atoms with van der Waals surface area (Å²) in [5.41, 5.74) is -4.31. The van der Waals surface area contributed by atoms with E-state index in [0.29, 0.717) is 11.8 Å². The number of amides is 4. The van der Waals surface area contributed by atoms with Gasteiger partial charge in [0.15, 0.2) is 0 Å². The minimum atomic E-state index is -6.08. The van der Waals surface area contributed by atoms with Crippen LogP contribution in [0.4, 0.5) is 51.3 Å². The number of hydrogen-bond acceptors (Lipinski definition) is 5. The van der Waals surface area contributed by atoms with Crippen molar-refractivity contribution in [3.8, 4) is 0 Å². The molecule has 1 aromatic carbocycles. The van der Waals surface area contributed by atoms with Crippen molar-refractivity contribution in [3.05, 3.63) is 24.3 Å². The van der Waals surface area contributed by atoms with Gasteiger partial charge in [0.05, 0.1) is 24.5 Å². The Morgan fingerprint density at radius 2 is 1.54 bits per heavy atom. The Labute approximate surface area is 201 Å². The smallest absolute Gasteiger partial charge is 0.455 e. The maximum atomic E-state index is 13.2. The van der Waals surface area contributed by atoms with Gasteiger partial charge in [-0.15, -0.1) is 0 Å². The van der Waals surface area contributed by atoms with E-state index >= 15 is 0 Å². The van der Waals surface area contributed by atoms with E-state index < -0.39 is 79.1 Å². The molecule has 0 fully saturated rings. The van der Waals surface area contributed by atoms with Crippen molar-refractivity contribution in [2.24, 2.45) is 0 Å². The standard InChI is InChI=1S/C19H18F8N4O6/c1-16(37,13(33)28-7-17(20,21)19(25,26)27)14(34)29-9-6-30(15(35)36)10-4-2-3-5-11(10)31(12(9)32)8-18(22,23)24/h2-5,9,37H,6-8H2,1H3,(H,28,33)(H,29,34)(H,35,36)/t9-,16?/m0/s1. The number of rotatable bonds is 6. The average molecular weight is 550 g/mol. The molecule has 1 aliphatic heterocycles. The Hall–Kier alpha value is -3.70. The maximum absolute atomic E-state index is 13.2. The quantitative estimate of drug-likeness (QED) is 0.314. The molecular formula is C19H18F8N4O6. The summed E-state index contributed by atoms with van der Waals surface area (Å²) in [7, 11) is 0. The van der Waals surface area contributed by atoms with E-state index in [1.165, 1.54) is 12.1 Å². The van der Waals surface area contributed by atoms with Gasteiger partial charge < -0.3 is 20.8 Å². The number of halogens is 8. The summed E-state index contributed by atoms with van der Waals surface area (Å²) in [4.78, 5) is 49.7. The van der Waals surface area contributed by atoms with Gasteiger partial charge in [-0.3, -0.25) is 24.2 Å². The largest absolute Gasteiger partial charge is 0.465 e. The first kappa shape index (κ1) is 29.5. The summed E-state index contributed by atoms with van der Waals surface area (Å²) < 4.78 is 103. The highest BCUT2D eigenvalue weighted by molar-refractivity contribution is 6.11. The summed E-state index contributed by atoms with van der Waals surface area (Å²) in [5.74, 6) is -10.9. The molecule has 0 bridgehead atoms. The average Bonchev–Trinajstić information content (AvgIpc) is 2.86. The summed E-state index contributed by atoms with van der Waals surface area (Å²) in [6.07, 6.45) is -12.9. The van der Waals surface area contributed by atoms with Gasteiger partial charge in [0.2, 0.25) is 5.60 Å². The molecule has 2 rings (SSSR count). The van der Waals surface area contributed by atoms with Crippen molar-refractivity contribution < 1.29 is 64.5 Å². The zero-order valence-electron chi connectivity index (χ0n) is 18.5. The Morgan fingerprint density at radius 1 is 1.00 bits per heavy atom. The highest BCUT2D eigenvalue weighted by atomic mass is 19.4. The third-order valence-electron chi connectivity index (χ3n) is 5.04. The minimum absolute atomic E-state index is 0.0991. The summed E-state index contributed by atoms with van der Waals surface area (Å²) >= 11 is 0. The molecule has 4 N–H and O–H groups in total. The number of aliphatic hydroxyl groups is 1. The molecule has 0 spiro atoms. The molecule has 1 heterocycles. The molecule has 18 heteroatoms. The number of fused-ring (bicyclic) bond motifs is 1. The van der Waals surface area contributed by atoms with Crippen LogP contribution in [-0.2, 0) is 14.4 Å². The number of anilines is 2. The van der Waals surface area contributed by atoms with Crippen LogP contribution in [0.2, 0.25) is 0 Å². The predicted molar refractivity (Wildman–Crippen MR) is 107 cm³/mol. The van der Waals surface area contributed by atoms with Gasteiger partial charge in [0.25, 0.3) is 17.7 Å². The molecule has 0 radical (unpaired) electrons. The van der Waals surface area contributed by atoms with Crippen LogP contribution in [0.15, 0.2) is 24.3 Å². The Balaban J connectivity index is 2.35. The molecule has 0 aliphatic carbocycles. The van der Waals surface area contributed by atoms with Gasteiger partial charge >= 0.3 is 24.4 Å². The molecule has 37 heavy (non-hydrogen) atoms. The third kappa shape index (κ3) is 6.55. The van der Waals surface area contributed by atoms with E-state index in [0.717, 1.165) is 17.4 Å². The maximum Gasteiger partial charge on any atom is 0.455 e. The number of carbonyl (C=O) groups is 4. The molecule has 2 atom stereocenters. The van der Waals surface area contributed by atoms with Crippen LogP contribution in [-0.4, -0.2) is 83.6 Å². The van der Waals surface area contributed by atoms with Gasteiger partial charge in [0, 0.05) is 0 Å². The predicted octanol–water partition coefficient (Wildman–Crippen LogP) is 1.63. The molecule has 4 amide bonds. The summed E-state index contributed by atoms with van der Waals surface area (Å²) in [6.45, 7) is -4.98. The lowest BCUT2D eigenvalue weighted by Gasteiger charge is -2.29. The van der Waals surface area contributed by atoms with Gasteiger partial charge in [-0.2, -0.15) is 35.1 Å². The number of nitrogens with one attached hydrogen (secondary N) is 2. The zero-order valence-corrected chi connectivity index (χ0v) is 18.5. The van der Waals surface area contributed by atoms with E-state index in [-0.39, 0.29) is 10.6 Å². The molecular weight excluding hydrogens is 532 g/mol. The van der Waals surface area contributed by atoms with Crippen LogP contribution < -0.4 is 20.4 Å². The van der Waals surface area contributed by atoms with Gasteiger partial charge in [-0.25, -0.2) is 4.79 Å². The van der Waals surface area contributed by atoms with E-state index in [1.807, 2.05) is 0 Å². The van der Waals surface area contributed by atoms with Crippen LogP contribution in [0.3, 0.4) is 0 Å². The lowest BCUT2D eigenvalue weighted by Crippen LogP contribution is -2.62. The number of benzene rings is 1. The van der Waals surface area contributed by atoms with Crippen LogP contribution in [0.5, 0.6) is 0 Å². The SMILES string of the molecule is CC(O)(C(=O)NCC(F)(F)C(F)(F)F)C(=O)N[C@H]1CN(C(=O)O)c2ccccc2N(CC(F)(F)F)C1=O. The monoisotopic (exact) mass is 550 g/mol. The van der Waals surface area contributed by atoms with Gasteiger partial charge in [-0.1, -0.05) is 12.1 Å². The molecule has 1 aliphatic rings. The summed E-state index contributed by atoms with van der Waals surface area (Å²) in [6, 6.07) is 2.34. The fourth-order valence-corrected chi connectivity index (χ4v) is 3.08. The molecule has 0 aromatic heterocycles. The van der Waals surface area contributed by atoms with Crippen molar-refractivity contribution in [2.45, 2.75) is 36.8 Å². The fourth-order valence-electron chi connectivity index (χ4n) is 3.08. The molecule has 1 unspecified atom stereocenters. The first-order valence-corrected chi connectivity index (χ1v) is 9.93. The van der Waals surface area contributed by atoms with Crippen LogP contribution >= 0.6 is 0 Å². The van der Waals surface area contributed by atoms with Crippen LogP contribution in [0.1, 0.15) is 6.92 Å². The van der Waals surface area contributed by atoms with E-state index in [2.05, 4.69) is 0 Å². The van der Waals surface area contributed by atoms with Gasteiger partial charge in [-0.05, 0) is 19.1 Å². The third-order valence-corrected chi connectivity index (χ3v) is 5.04. The number of para-hydroxylation sites is 2.